The lowest BCUT2D eigenvalue weighted by molar-refractivity contribution is 0.533. The van der Waals surface area contributed by atoms with Crippen molar-refractivity contribution in [2.24, 2.45) is 11.7 Å². The first-order chi connectivity index (χ1) is 3.18. The van der Waals surface area contributed by atoms with Gasteiger partial charge in [-0.2, -0.15) is 0 Å². The maximum atomic E-state index is 5.48. The summed E-state index contributed by atoms with van der Waals surface area (Å²) in [4.78, 5) is 0. The summed E-state index contributed by atoms with van der Waals surface area (Å²) in [5, 5.41) is 0. The quantitative estimate of drug-likeness (QED) is 0.546. The SMILES string of the molecule is CC(C)[C@@H](N)CCl. The minimum absolute atomic E-state index is 0.168. The Hall–Kier alpha value is 0.250. The van der Waals surface area contributed by atoms with E-state index in [2.05, 4.69) is 13.8 Å². The highest BCUT2D eigenvalue weighted by Gasteiger charge is 2.02. The molecule has 0 aromatic heterocycles. The molecule has 0 bridgehead atoms. The highest BCUT2D eigenvalue weighted by molar-refractivity contribution is 6.18. The molecule has 0 fully saturated rings. The van der Waals surface area contributed by atoms with E-state index in [-0.39, 0.29) is 6.04 Å². The highest BCUT2D eigenvalue weighted by atomic mass is 35.5. The molecule has 0 saturated carbocycles. The second kappa shape index (κ2) is 3.28. The molecule has 0 aliphatic rings. The standard InChI is InChI=1S/C5H12ClN/c1-4(2)5(7)3-6/h4-5H,3,7H2,1-2H3/t5-/m0/s1. The molecular weight excluding hydrogens is 110 g/mol. The summed E-state index contributed by atoms with van der Waals surface area (Å²) in [6, 6.07) is 0.168. The molecule has 7 heavy (non-hydrogen) atoms. The zero-order chi connectivity index (χ0) is 5.86. The number of nitrogens with two attached hydrogens (primary N) is 1. The van der Waals surface area contributed by atoms with E-state index in [4.69, 9.17) is 17.3 Å². The third-order valence-electron chi connectivity index (χ3n) is 1.03. The summed E-state index contributed by atoms with van der Waals surface area (Å²) in [6.07, 6.45) is 0. The van der Waals surface area contributed by atoms with Crippen molar-refractivity contribution in [1.29, 1.82) is 0 Å². The Morgan fingerprint density at radius 2 is 2.00 bits per heavy atom. The van der Waals surface area contributed by atoms with Gasteiger partial charge in [0.05, 0.1) is 0 Å². The van der Waals surface area contributed by atoms with Gasteiger partial charge in [-0.05, 0) is 5.92 Å². The molecule has 0 spiro atoms. The molecule has 0 heterocycles. The molecule has 0 rings (SSSR count). The summed E-state index contributed by atoms with van der Waals surface area (Å²) in [5.74, 6) is 1.08. The van der Waals surface area contributed by atoms with Crippen LogP contribution in [0.5, 0.6) is 0 Å². The van der Waals surface area contributed by atoms with Gasteiger partial charge in [0.2, 0.25) is 0 Å². The predicted octanol–water partition coefficient (Wildman–Crippen LogP) is 1.21. The van der Waals surface area contributed by atoms with E-state index in [1.807, 2.05) is 0 Å². The molecule has 44 valence electrons. The van der Waals surface area contributed by atoms with E-state index in [1.54, 1.807) is 0 Å². The van der Waals surface area contributed by atoms with Crippen LogP contribution in [0.25, 0.3) is 0 Å². The van der Waals surface area contributed by atoms with Gasteiger partial charge in [-0.25, -0.2) is 0 Å². The summed E-state index contributed by atoms with van der Waals surface area (Å²) in [5.41, 5.74) is 5.48. The number of hydrogen-bond acceptors (Lipinski definition) is 1. The van der Waals surface area contributed by atoms with Gasteiger partial charge in [0.1, 0.15) is 0 Å². The Bertz CT molecular complexity index is 45.3. The Morgan fingerprint density at radius 1 is 1.57 bits per heavy atom. The van der Waals surface area contributed by atoms with Crippen LogP contribution in [-0.2, 0) is 0 Å². The number of hydrogen-bond donors (Lipinski definition) is 1. The molecule has 1 atom stereocenters. The van der Waals surface area contributed by atoms with Crippen LogP contribution in [0.2, 0.25) is 0 Å². The van der Waals surface area contributed by atoms with E-state index in [1.165, 1.54) is 0 Å². The van der Waals surface area contributed by atoms with Crippen molar-refractivity contribution >= 4 is 11.6 Å². The summed E-state index contributed by atoms with van der Waals surface area (Å²) in [6.45, 7) is 4.13. The fraction of sp³-hybridized carbons (Fsp3) is 1.00. The smallest absolute Gasteiger partial charge is 0.0377 e. The molecule has 0 aliphatic heterocycles. The van der Waals surface area contributed by atoms with Crippen molar-refractivity contribution in [3.8, 4) is 0 Å². The maximum absolute atomic E-state index is 5.48. The number of halogens is 1. The normalized spacial score (nSPS) is 15.0. The van der Waals surface area contributed by atoms with Crippen LogP contribution in [0.3, 0.4) is 0 Å². The zero-order valence-electron chi connectivity index (χ0n) is 4.82. The summed E-state index contributed by atoms with van der Waals surface area (Å²) < 4.78 is 0. The lowest BCUT2D eigenvalue weighted by atomic mass is 10.1. The fourth-order valence-corrected chi connectivity index (χ4v) is 0.535. The van der Waals surface area contributed by atoms with Crippen molar-refractivity contribution < 1.29 is 0 Å². The molecule has 0 aromatic rings. The molecule has 0 unspecified atom stereocenters. The molecular formula is C5H12ClN. The van der Waals surface area contributed by atoms with Crippen LogP contribution in [0.4, 0.5) is 0 Å². The van der Waals surface area contributed by atoms with E-state index in [0.29, 0.717) is 11.8 Å². The van der Waals surface area contributed by atoms with Crippen LogP contribution in [0, 0.1) is 5.92 Å². The number of alkyl halides is 1. The Kier molecular flexibility index (Phi) is 3.39. The van der Waals surface area contributed by atoms with Crippen molar-refractivity contribution in [2.75, 3.05) is 5.88 Å². The van der Waals surface area contributed by atoms with E-state index < -0.39 is 0 Å². The third kappa shape index (κ3) is 2.89. The van der Waals surface area contributed by atoms with Crippen molar-refractivity contribution in [3.05, 3.63) is 0 Å². The highest BCUT2D eigenvalue weighted by Crippen LogP contribution is 1.98. The van der Waals surface area contributed by atoms with Gasteiger partial charge in [-0.1, -0.05) is 13.8 Å². The van der Waals surface area contributed by atoms with Crippen molar-refractivity contribution in [3.63, 3.8) is 0 Å². The largest absolute Gasteiger partial charge is 0.326 e. The third-order valence-corrected chi connectivity index (χ3v) is 1.39. The second-order valence-corrected chi connectivity index (χ2v) is 2.37. The Morgan fingerprint density at radius 3 is 2.00 bits per heavy atom. The molecule has 0 aromatic carbocycles. The molecule has 2 heteroatoms. The molecule has 0 radical (unpaired) electrons. The molecule has 0 saturated heterocycles. The summed E-state index contributed by atoms with van der Waals surface area (Å²) in [7, 11) is 0. The average Bonchev–Trinajstić information content (AvgIpc) is 1.65. The first-order valence-corrected chi connectivity index (χ1v) is 3.03. The van der Waals surface area contributed by atoms with Gasteiger partial charge >= 0.3 is 0 Å². The van der Waals surface area contributed by atoms with Crippen LogP contribution < -0.4 is 5.73 Å². The van der Waals surface area contributed by atoms with Gasteiger partial charge in [0, 0.05) is 11.9 Å². The van der Waals surface area contributed by atoms with Crippen molar-refractivity contribution in [2.45, 2.75) is 19.9 Å². The first kappa shape index (κ1) is 7.25. The fourth-order valence-electron chi connectivity index (χ4n) is 0.178. The van der Waals surface area contributed by atoms with Gasteiger partial charge < -0.3 is 5.73 Å². The van der Waals surface area contributed by atoms with E-state index in [9.17, 15) is 0 Å². The Balaban J connectivity index is 3.14. The monoisotopic (exact) mass is 121 g/mol. The first-order valence-electron chi connectivity index (χ1n) is 2.50. The van der Waals surface area contributed by atoms with E-state index >= 15 is 0 Å². The van der Waals surface area contributed by atoms with Gasteiger partial charge in [-0.3, -0.25) is 0 Å². The topological polar surface area (TPSA) is 26.0 Å². The van der Waals surface area contributed by atoms with Crippen molar-refractivity contribution in [1.82, 2.24) is 0 Å². The van der Waals surface area contributed by atoms with Gasteiger partial charge in [0.15, 0.2) is 0 Å². The molecule has 0 amide bonds. The van der Waals surface area contributed by atoms with Crippen LogP contribution in [0.1, 0.15) is 13.8 Å². The minimum atomic E-state index is 0.168. The molecule has 2 N–H and O–H groups in total. The average molecular weight is 122 g/mol. The van der Waals surface area contributed by atoms with Gasteiger partial charge in [-0.15, -0.1) is 11.6 Å². The summed E-state index contributed by atoms with van der Waals surface area (Å²) >= 11 is 5.42. The second-order valence-electron chi connectivity index (χ2n) is 2.06. The lowest BCUT2D eigenvalue weighted by Crippen LogP contribution is -2.27. The van der Waals surface area contributed by atoms with Gasteiger partial charge in [0.25, 0.3) is 0 Å². The number of rotatable bonds is 2. The zero-order valence-corrected chi connectivity index (χ0v) is 5.57. The lowest BCUT2D eigenvalue weighted by Gasteiger charge is -2.09. The van der Waals surface area contributed by atoms with E-state index in [0.717, 1.165) is 0 Å². The minimum Gasteiger partial charge on any atom is -0.326 e. The maximum Gasteiger partial charge on any atom is 0.0377 e. The van der Waals surface area contributed by atoms with Crippen LogP contribution in [-0.4, -0.2) is 11.9 Å². The van der Waals surface area contributed by atoms with Crippen LogP contribution >= 0.6 is 11.6 Å². The Labute approximate surface area is 49.8 Å². The molecule has 1 nitrogen and oxygen atoms in total. The molecule has 0 aliphatic carbocycles. The van der Waals surface area contributed by atoms with Crippen LogP contribution in [0.15, 0.2) is 0 Å². The predicted molar refractivity (Wildman–Crippen MR) is 33.5 cm³/mol.